The van der Waals surface area contributed by atoms with Gasteiger partial charge in [-0.1, -0.05) is 76.4 Å². The third-order valence-corrected chi connectivity index (χ3v) is 9.25. The summed E-state index contributed by atoms with van der Waals surface area (Å²) in [4.78, 5) is 28.4. The molecule has 0 spiro atoms. The van der Waals surface area contributed by atoms with Gasteiger partial charge in [0.05, 0.1) is 10.6 Å². The van der Waals surface area contributed by atoms with Crippen molar-refractivity contribution in [2.45, 2.75) is 50.7 Å². The largest absolute Gasteiger partial charge is 0.352 e. The van der Waals surface area contributed by atoms with Crippen LogP contribution in [0.3, 0.4) is 0 Å². The summed E-state index contributed by atoms with van der Waals surface area (Å²) in [6.45, 7) is 4.74. The molecule has 0 aliphatic rings. The Bertz CT molecular complexity index is 1400. The predicted octanol–water partition coefficient (Wildman–Crippen LogP) is 6.28. The highest BCUT2D eigenvalue weighted by Crippen LogP contribution is 2.29. The number of benzene rings is 3. The van der Waals surface area contributed by atoms with Crippen molar-refractivity contribution in [3.05, 3.63) is 92.9 Å². The Labute approximate surface area is 248 Å². The normalized spacial score (nSPS) is 12.9. The molecule has 2 atom stereocenters. The number of carbonyl (C=O) groups is 2. The maximum absolute atomic E-state index is 14.0. The lowest BCUT2D eigenvalue weighted by Crippen LogP contribution is -2.52. The molecule has 3 aromatic rings. The molecule has 0 aromatic heterocycles. The zero-order valence-corrected chi connectivity index (χ0v) is 25.7. The van der Waals surface area contributed by atoms with E-state index in [-0.39, 0.29) is 29.1 Å². The van der Waals surface area contributed by atoms with Gasteiger partial charge in [0.2, 0.25) is 11.8 Å². The molecule has 0 fully saturated rings. The van der Waals surface area contributed by atoms with Crippen LogP contribution in [0, 0.1) is 0 Å². The molecule has 3 rings (SSSR count). The molecular formula is C28H30BrCl2N3O4S. The maximum Gasteiger partial charge on any atom is 0.264 e. The summed E-state index contributed by atoms with van der Waals surface area (Å²) in [5.41, 5.74) is 0.742. The van der Waals surface area contributed by atoms with Gasteiger partial charge in [0, 0.05) is 32.7 Å². The number of anilines is 1. The van der Waals surface area contributed by atoms with Crippen molar-refractivity contribution >= 4 is 66.7 Å². The highest BCUT2D eigenvalue weighted by molar-refractivity contribution is 9.10. The van der Waals surface area contributed by atoms with Crippen molar-refractivity contribution in [2.24, 2.45) is 0 Å². The third kappa shape index (κ3) is 7.75. The lowest BCUT2D eigenvalue weighted by atomic mass is 10.1. The van der Waals surface area contributed by atoms with Crippen LogP contribution in [0.2, 0.25) is 10.0 Å². The highest BCUT2D eigenvalue weighted by Gasteiger charge is 2.33. The van der Waals surface area contributed by atoms with E-state index < -0.39 is 28.5 Å². The third-order valence-electron chi connectivity index (χ3n) is 6.26. The van der Waals surface area contributed by atoms with Crippen LogP contribution in [0.15, 0.2) is 82.2 Å². The van der Waals surface area contributed by atoms with Crippen LogP contribution >= 0.6 is 39.1 Å². The lowest BCUT2D eigenvalue weighted by Gasteiger charge is -2.33. The Hall–Kier alpha value is -2.59. The number of sulfonamides is 1. The van der Waals surface area contributed by atoms with Crippen molar-refractivity contribution < 1.29 is 18.0 Å². The molecule has 39 heavy (non-hydrogen) atoms. The van der Waals surface area contributed by atoms with Crippen molar-refractivity contribution in [1.29, 1.82) is 0 Å². The number of nitrogens with one attached hydrogen (secondary N) is 1. The van der Waals surface area contributed by atoms with E-state index in [0.717, 1.165) is 4.31 Å². The quantitative estimate of drug-likeness (QED) is 0.264. The van der Waals surface area contributed by atoms with E-state index in [1.54, 1.807) is 67.6 Å². The Balaban J connectivity index is 2.06. The standard InChI is InChI=1S/C28H30BrCl2N3O4S/c1-4-19(2)32-28(36)20(3)33(17-24-25(30)14-9-15-26(24)31)27(35)18-34(22-11-8-10-21(29)16-22)39(37,38)23-12-6-5-7-13-23/h5-16,19-20H,4,17-18H2,1-3H3,(H,32,36)/t19-,20-/m1/s1. The second kappa shape index (κ2) is 13.7. The van der Waals surface area contributed by atoms with Crippen molar-refractivity contribution in [1.82, 2.24) is 10.2 Å². The number of hydrogen-bond donors (Lipinski definition) is 1. The molecule has 3 aromatic carbocycles. The molecule has 7 nitrogen and oxygen atoms in total. The van der Waals surface area contributed by atoms with E-state index in [1.807, 2.05) is 13.8 Å². The monoisotopic (exact) mass is 653 g/mol. The molecule has 1 N–H and O–H groups in total. The molecule has 0 radical (unpaired) electrons. The number of nitrogens with zero attached hydrogens (tertiary/aromatic N) is 2. The van der Waals surface area contributed by atoms with E-state index in [9.17, 15) is 18.0 Å². The summed E-state index contributed by atoms with van der Waals surface area (Å²) in [5, 5.41) is 3.55. The Morgan fingerprint density at radius 2 is 1.56 bits per heavy atom. The first-order valence-electron chi connectivity index (χ1n) is 12.3. The fraction of sp³-hybridized carbons (Fsp3) is 0.286. The molecule has 0 bridgehead atoms. The van der Waals surface area contributed by atoms with Crippen molar-refractivity contribution in [2.75, 3.05) is 10.8 Å². The summed E-state index contributed by atoms with van der Waals surface area (Å²) < 4.78 is 29.2. The Morgan fingerprint density at radius 3 is 2.15 bits per heavy atom. The number of carbonyl (C=O) groups excluding carboxylic acids is 2. The van der Waals surface area contributed by atoms with E-state index in [2.05, 4.69) is 21.2 Å². The van der Waals surface area contributed by atoms with Crippen LogP contribution in [-0.2, 0) is 26.2 Å². The zero-order valence-electron chi connectivity index (χ0n) is 21.8. The molecule has 2 amide bonds. The summed E-state index contributed by atoms with van der Waals surface area (Å²) in [6, 6.07) is 18.4. The molecule has 0 heterocycles. The Kier molecular flexibility index (Phi) is 10.8. The average molecular weight is 655 g/mol. The summed E-state index contributed by atoms with van der Waals surface area (Å²) in [5.74, 6) is -0.974. The van der Waals surface area contributed by atoms with E-state index in [4.69, 9.17) is 23.2 Å². The van der Waals surface area contributed by atoms with Crippen LogP contribution in [0.4, 0.5) is 5.69 Å². The van der Waals surface area contributed by atoms with Gasteiger partial charge in [-0.05, 0) is 62.7 Å². The van der Waals surface area contributed by atoms with Gasteiger partial charge >= 0.3 is 0 Å². The molecule has 208 valence electrons. The second-order valence-corrected chi connectivity index (χ2v) is 12.6. The van der Waals surface area contributed by atoms with Gasteiger partial charge in [0.1, 0.15) is 12.6 Å². The molecule has 0 saturated heterocycles. The molecular weight excluding hydrogens is 625 g/mol. The highest BCUT2D eigenvalue weighted by atomic mass is 79.9. The number of rotatable bonds is 11. The minimum atomic E-state index is -4.15. The first-order valence-corrected chi connectivity index (χ1v) is 15.3. The van der Waals surface area contributed by atoms with Gasteiger partial charge in [-0.2, -0.15) is 0 Å². The van der Waals surface area contributed by atoms with Crippen molar-refractivity contribution in [3.8, 4) is 0 Å². The number of halogens is 3. The zero-order chi connectivity index (χ0) is 28.7. The molecule has 0 aliphatic carbocycles. The van der Waals surface area contributed by atoms with Gasteiger partial charge in [0.15, 0.2) is 0 Å². The van der Waals surface area contributed by atoms with Gasteiger partial charge in [-0.25, -0.2) is 8.42 Å². The SMILES string of the molecule is CC[C@@H](C)NC(=O)[C@@H](C)N(Cc1c(Cl)cccc1Cl)C(=O)CN(c1cccc(Br)c1)S(=O)(=O)c1ccccc1. The average Bonchev–Trinajstić information content (AvgIpc) is 2.91. The summed E-state index contributed by atoms with van der Waals surface area (Å²) >= 11 is 16.2. The van der Waals surface area contributed by atoms with Crippen LogP contribution in [0.25, 0.3) is 0 Å². The predicted molar refractivity (Wildman–Crippen MR) is 159 cm³/mol. The van der Waals surface area contributed by atoms with Gasteiger partial charge in [-0.15, -0.1) is 0 Å². The minimum absolute atomic E-state index is 0.0287. The Morgan fingerprint density at radius 1 is 0.949 bits per heavy atom. The minimum Gasteiger partial charge on any atom is -0.352 e. The first kappa shape index (κ1) is 30.9. The lowest BCUT2D eigenvalue weighted by molar-refractivity contribution is -0.139. The van der Waals surface area contributed by atoms with Crippen molar-refractivity contribution in [3.63, 3.8) is 0 Å². The first-order chi connectivity index (χ1) is 18.4. The van der Waals surface area contributed by atoms with Crippen LogP contribution in [0.1, 0.15) is 32.8 Å². The second-order valence-electron chi connectivity index (χ2n) is 9.02. The van der Waals surface area contributed by atoms with Gasteiger partial charge in [0.25, 0.3) is 10.0 Å². The fourth-order valence-electron chi connectivity index (χ4n) is 3.78. The molecule has 0 aliphatic heterocycles. The van der Waals surface area contributed by atoms with Gasteiger partial charge in [-0.3, -0.25) is 13.9 Å². The maximum atomic E-state index is 14.0. The van der Waals surface area contributed by atoms with Crippen LogP contribution in [0.5, 0.6) is 0 Å². The molecule has 0 saturated carbocycles. The van der Waals surface area contributed by atoms with Gasteiger partial charge < -0.3 is 10.2 Å². The summed E-state index contributed by atoms with van der Waals surface area (Å²) in [7, 11) is -4.15. The van der Waals surface area contributed by atoms with Crippen LogP contribution < -0.4 is 9.62 Å². The van der Waals surface area contributed by atoms with E-state index in [1.165, 1.54) is 17.0 Å². The molecule has 0 unspecified atom stereocenters. The van der Waals surface area contributed by atoms with Crippen LogP contribution in [-0.4, -0.2) is 43.8 Å². The fourth-order valence-corrected chi connectivity index (χ4v) is 6.11. The topological polar surface area (TPSA) is 86.8 Å². The smallest absolute Gasteiger partial charge is 0.264 e. The number of amides is 2. The molecule has 11 heteroatoms. The van der Waals surface area contributed by atoms with E-state index in [0.29, 0.717) is 26.5 Å². The number of hydrogen-bond acceptors (Lipinski definition) is 4. The van der Waals surface area contributed by atoms with E-state index >= 15 is 0 Å². The summed E-state index contributed by atoms with van der Waals surface area (Å²) in [6.07, 6.45) is 0.703.